The van der Waals surface area contributed by atoms with Gasteiger partial charge in [-0.25, -0.2) is 12.7 Å². The first kappa shape index (κ1) is 27.1. The highest BCUT2D eigenvalue weighted by atomic mass is 32.2. The van der Waals surface area contributed by atoms with Gasteiger partial charge in [0.15, 0.2) is 0 Å². The summed E-state index contributed by atoms with van der Waals surface area (Å²) < 4.78 is 32.2. The maximum Gasteiger partial charge on any atom is 0.218 e. The third-order valence-corrected chi connectivity index (χ3v) is 7.69. The van der Waals surface area contributed by atoms with Crippen molar-refractivity contribution in [3.05, 3.63) is 64.4 Å². The van der Waals surface area contributed by atoms with Crippen LogP contribution in [0.15, 0.2) is 53.9 Å². The molecule has 0 aliphatic rings. The number of hydrogen-bond acceptors (Lipinski definition) is 5. The average molecular weight is 489 g/mol. The Labute approximate surface area is 204 Å². The lowest BCUT2D eigenvalue weighted by Crippen LogP contribution is -2.31. The van der Waals surface area contributed by atoms with Gasteiger partial charge in [-0.2, -0.15) is 0 Å². The molecule has 1 aromatic heterocycles. The summed E-state index contributed by atoms with van der Waals surface area (Å²) >= 11 is 1.45. The van der Waals surface area contributed by atoms with Crippen LogP contribution in [0.4, 0.5) is 0 Å². The summed E-state index contributed by atoms with van der Waals surface area (Å²) in [7, 11) is -1.75. The molecule has 0 aliphatic heterocycles. The highest BCUT2D eigenvalue weighted by molar-refractivity contribution is 7.88. The van der Waals surface area contributed by atoms with E-state index in [2.05, 4.69) is 56.6 Å². The van der Waals surface area contributed by atoms with E-state index >= 15 is 0 Å². The molecule has 1 aromatic carbocycles. The van der Waals surface area contributed by atoms with E-state index in [1.165, 1.54) is 15.6 Å². The van der Waals surface area contributed by atoms with Crippen LogP contribution in [0.1, 0.15) is 38.1 Å². The van der Waals surface area contributed by atoms with Gasteiger partial charge in [0.2, 0.25) is 10.0 Å². The number of likely N-dealkylation sites (N-methyl/N-ethyl adjacent to an activating group) is 2. The predicted octanol–water partition coefficient (Wildman–Crippen LogP) is 5.02. The molecule has 7 heteroatoms. The van der Waals surface area contributed by atoms with Gasteiger partial charge in [0, 0.05) is 37.0 Å². The molecule has 0 N–H and O–H groups in total. The van der Waals surface area contributed by atoms with Gasteiger partial charge in [0.05, 0.1) is 5.75 Å². The summed E-state index contributed by atoms with van der Waals surface area (Å²) in [5.74, 6) is 7.09. The van der Waals surface area contributed by atoms with Gasteiger partial charge in [-0.1, -0.05) is 43.0 Å². The van der Waals surface area contributed by atoms with Crippen molar-refractivity contribution in [1.29, 1.82) is 0 Å². The van der Waals surface area contributed by atoms with Crippen molar-refractivity contribution in [1.82, 2.24) is 9.21 Å². The van der Waals surface area contributed by atoms with E-state index in [0.717, 1.165) is 35.8 Å². The van der Waals surface area contributed by atoms with Crippen molar-refractivity contribution < 1.29 is 13.2 Å². The molecular weight excluding hydrogens is 452 g/mol. The van der Waals surface area contributed by atoms with Crippen LogP contribution in [0.2, 0.25) is 0 Å². The summed E-state index contributed by atoms with van der Waals surface area (Å²) in [5, 5.41) is 1.89. The van der Waals surface area contributed by atoms with Crippen molar-refractivity contribution in [2.24, 2.45) is 5.41 Å². The molecule has 0 saturated carbocycles. The molecule has 0 fully saturated rings. The SMILES string of the molecule is CCN(C/C=C/C#CC(C)(C)C)Cc1cccc(OCCN(C)S(=O)(=O)Cc2cccs2)c1. The van der Waals surface area contributed by atoms with E-state index < -0.39 is 10.0 Å². The number of hydrogen-bond donors (Lipinski definition) is 0. The molecule has 5 nitrogen and oxygen atoms in total. The van der Waals surface area contributed by atoms with Crippen LogP contribution in [-0.2, 0) is 22.3 Å². The maximum atomic E-state index is 12.5. The van der Waals surface area contributed by atoms with Gasteiger partial charge in [0.25, 0.3) is 0 Å². The topological polar surface area (TPSA) is 49.9 Å². The van der Waals surface area contributed by atoms with Gasteiger partial charge >= 0.3 is 0 Å². The van der Waals surface area contributed by atoms with E-state index in [0.29, 0.717) is 13.2 Å². The highest BCUT2D eigenvalue weighted by Crippen LogP contribution is 2.17. The van der Waals surface area contributed by atoms with Crippen molar-refractivity contribution in [2.75, 3.05) is 33.3 Å². The lowest BCUT2D eigenvalue weighted by molar-refractivity contribution is 0.284. The molecule has 0 saturated heterocycles. The van der Waals surface area contributed by atoms with Crippen LogP contribution in [0.5, 0.6) is 5.75 Å². The molecule has 1 heterocycles. The van der Waals surface area contributed by atoms with Crippen LogP contribution >= 0.6 is 11.3 Å². The van der Waals surface area contributed by atoms with Crippen molar-refractivity contribution in [3.8, 4) is 17.6 Å². The minimum atomic E-state index is -3.35. The Morgan fingerprint density at radius 3 is 2.64 bits per heavy atom. The molecule has 0 aliphatic carbocycles. The smallest absolute Gasteiger partial charge is 0.218 e. The highest BCUT2D eigenvalue weighted by Gasteiger charge is 2.19. The third-order valence-electron chi connectivity index (χ3n) is 4.82. The molecule has 0 amide bonds. The Balaban J connectivity index is 1.84. The Kier molecular flexibility index (Phi) is 10.6. The molecule has 0 radical (unpaired) electrons. The number of rotatable bonds is 12. The number of benzene rings is 1. The first-order valence-electron chi connectivity index (χ1n) is 11.2. The number of thiophene rings is 1. The largest absolute Gasteiger partial charge is 0.492 e. The molecule has 0 spiro atoms. The molecule has 2 aromatic rings. The van der Waals surface area contributed by atoms with Gasteiger partial charge < -0.3 is 4.74 Å². The van der Waals surface area contributed by atoms with E-state index in [-0.39, 0.29) is 11.2 Å². The minimum Gasteiger partial charge on any atom is -0.492 e. The van der Waals surface area contributed by atoms with E-state index in [1.54, 1.807) is 7.05 Å². The second-order valence-corrected chi connectivity index (χ2v) is 12.0. The Hall–Kier alpha value is -2.11. The first-order valence-corrected chi connectivity index (χ1v) is 13.7. The Morgan fingerprint density at radius 1 is 1.18 bits per heavy atom. The van der Waals surface area contributed by atoms with Crippen LogP contribution in [0, 0.1) is 17.3 Å². The van der Waals surface area contributed by atoms with Crippen LogP contribution in [0.25, 0.3) is 0 Å². The van der Waals surface area contributed by atoms with Crippen LogP contribution in [0.3, 0.4) is 0 Å². The molecule has 2 rings (SSSR count). The molecule has 0 unspecified atom stereocenters. The number of sulfonamides is 1. The summed E-state index contributed by atoms with van der Waals surface area (Å²) in [4.78, 5) is 3.16. The fourth-order valence-corrected chi connectivity index (χ4v) is 5.17. The number of allylic oxidation sites excluding steroid dienone is 1. The summed E-state index contributed by atoms with van der Waals surface area (Å²) in [6.45, 7) is 11.6. The second kappa shape index (κ2) is 13.0. The van der Waals surface area contributed by atoms with Gasteiger partial charge in [-0.15, -0.1) is 11.3 Å². The van der Waals surface area contributed by atoms with E-state index in [9.17, 15) is 8.42 Å². The predicted molar refractivity (Wildman–Crippen MR) is 139 cm³/mol. The number of ether oxygens (including phenoxy) is 1. The zero-order valence-corrected chi connectivity index (χ0v) is 22.0. The van der Waals surface area contributed by atoms with Crippen molar-refractivity contribution >= 4 is 21.4 Å². The van der Waals surface area contributed by atoms with E-state index in [4.69, 9.17) is 4.74 Å². The third kappa shape index (κ3) is 10.6. The summed E-state index contributed by atoms with van der Waals surface area (Å²) in [5.41, 5.74) is 1.17. The standard InChI is InChI=1S/C26H36N2O3S2/c1-6-28(16-9-7-8-15-26(2,3)4)21-23-12-10-13-24(20-23)31-18-17-27(5)33(29,30)22-25-14-11-19-32-25/h7,9-14,19-20H,6,16-18,21-22H2,1-5H3/b9-7+. The Morgan fingerprint density at radius 2 is 1.97 bits per heavy atom. The lowest BCUT2D eigenvalue weighted by Gasteiger charge is -2.19. The fraction of sp³-hybridized carbons (Fsp3) is 0.462. The summed E-state index contributed by atoms with van der Waals surface area (Å²) in [6, 6.07) is 11.7. The normalized spacial score (nSPS) is 12.3. The fourth-order valence-electron chi connectivity index (χ4n) is 2.93. The molecule has 0 bridgehead atoms. The summed E-state index contributed by atoms with van der Waals surface area (Å²) in [6.07, 6.45) is 4.02. The quantitative estimate of drug-likeness (QED) is 0.394. The maximum absolute atomic E-state index is 12.5. The van der Waals surface area contributed by atoms with E-state index in [1.807, 2.05) is 41.8 Å². The van der Waals surface area contributed by atoms with Gasteiger partial charge in [0.1, 0.15) is 12.4 Å². The van der Waals surface area contributed by atoms with Crippen molar-refractivity contribution in [2.45, 2.75) is 40.0 Å². The molecule has 0 atom stereocenters. The number of nitrogens with zero attached hydrogens (tertiary/aromatic N) is 2. The van der Waals surface area contributed by atoms with Crippen molar-refractivity contribution in [3.63, 3.8) is 0 Å². The molecule has 33 heavy (non-hydrogen) atoms. The van der Waals surface area contributed by atoms with Gasteiger partial charge in [-0.05, 0) is 62.5 Å². The molecular formula is C26H36N2O3S2. The minimum absolute atomic E-state index is 0.0122. The molecule has 180 valence electrons. The lowest BCUT2D eigenvalue weighted by atomic mass is 9.98. The van der Waals surface area contributed by atoms with Crippen LogP contribution < -0.4 is 4.74 Å². The zero-order valence-electron chi connectivity index (χ0n) is 20.4. The average Bonchev–Trinajstić information content (AvgIpc) is 3.24. The van der Waals surface area contributed by atoms with Crippen LogP contribution in [-0.4, -0.2) is 50.9 Å². The van der Waals surface area contributed by atoms with Gasteiger partial charge in [-0.3, -0.25) is 4.90 Å². The Bertz CT molecular complexity index is 1040. The first-order chi connectivity index (χ1) is 15.6. The second-order valence-electron chi connectivity index (χ2n) is 8.90. The zero-order chi connectivity index (χ0) is 24.3. The monoisotopic (exact) mass is 488 g/mol.